The van der Waals surface area contributed by atoms with E-state index in [4.69, 9.17) is 9.26 Å². The molecule has 0 unspecified atom stereocenters. The molecule has 0 N–H and O–H groups in total. The summed E-state index contributed by atoms with van der Waals surface area (Å²) in [5.74, 6) is 0.390. The number of alkyl halides is 1. The van der Waals surface area contributed by atoms with Crippen molar-refractivity contribution in [3.63, 3.8) is 0 Å². The minimum Gasteiger partial charge on any atom is -0.384 e. The lowest BCUT2D eigenvalue weighted by Gasteiger charge is -2.34. The number of nitrogens with zero attached hydrogens (tertiary/aromatic N) is 3. The normalized spacial score (nSPS) is 17.4. The smallest absolute Gasteiger partial charge is 0.264 e. The monoisotopic (exact) mass is 339 g/mol. The minimum atomic E-state index is -1.66. The van der Waals surface area contributed by atoms with Gasteiger partial charge in [0.25, 0.3) is 11.8 Å². The van der Waals surface area contributed by atoms with Gasteiger partial charge in [-0.3, -0.25) is 4.79 Å². The number of thiophene rings is 1. The largest absolute Gasteiger partial charge is 0.384 e. The Morgan fingerprint density at radius 3 is 2.96 bits per heavy atom. The van der Waals surface area contributed by atoms with E-state index in [0.717, 1.165) is 0 Å². The maximum atomic E-state index is 15.1. The molecule has 0 atom stereocenters. The van der Waals surface area contributed by atoms with Gasteiger partial charge >= 0.3 is 0 Å². The summed E-state index contributed by atoms with van der Waals surface area (Å²) in [5, 5.41) is 7.45. The van der Waals surface area contributed by atoms with E-state index in [1.807, 2.05) is 5.38 Å². The standard InChI is InChI=1S/C15H18FN3O3S/c1-21-8-2-12-17-14(22-18-12)15(16)4-6-19(7-5-15)13(20)11-3-9-23-10-11/h3,9-10H,2,4-8H2,1H3. The molecule has 0 saturated carbocycles. The van der Waals surface area contributed by atoms with Crippen LogP contribution in [0.3, 0.4) is 0 Å². The molecule has 124 valence electrons. The second kappa shape index (κ2) is 6.76. The lowest BCUT2D eigenvalue weighted by Crippen LogP contribution is -2.43. The Morgan fingerprint density at radius 2 is 2.30 bits per heavy atom. The molecule has 0 aliphatic carbocycles. The summed E-state index contributed by atoms with van der Waals surface area (Å²) in [5.41, 5.74) is -1.01. The molecular formula is C15H18FN3O3S. The molecule has 1 saturated heterocycles. The molecule has 3 rings (SSSR count). The first-order valence-corrected chi connectivity index (χ1v) is 8.39. The van der Waals surface area contributed by atoms with Crippen molar-refractivity contribution in [2.24, 2.45) is 0 Å². The maximum absolute atomic E-state index is 15.1. The molecular weight excluding hydrogens is 321 g/mol. The van der Waals surface area contributed by atoms with Crippen molar-refractivity contribution in [3.8, 4) is 0 Å². The zero-order valence-electron chi connectivity index (χ0n) is 12.8. The number of methoxy groups -OCH3 is 1. The van der Waals surface area contributed by atoms with E-state index in [0.29, 0.717) is 37.5 Å². The van der Waals surface area contributed by atoms with Crippen molar-refractivity contribution in [2.45, 2.75) is 24.9 Å². The van der Waals surface area contributed by atoms with Gasteiger partial charge in [0.2, 0.25) is 0 Å². The van der Waals surface area contributed by atoms with Crippen LogP contribution in [0.5, 0.6) is 0 Å². The van der Waals surface area contributed by atoms with E-state index < -0.39 is 5.67 Å². The molecule has 6 nitrogen and oxygen atoms in total. The number of hydrogen-bond donors (Lipinski definition) is 0. The van der Waals surface area contributed by atoms with Gasteiger partial charge < -0.3 is 14.2 Å². The van der Waals surface area contributed by atoms with E-state index in [-0.39, 0.29) is 24.6 Å². The van der Waals surface area contributed by atoms with Crippen LogP contribution in [-0.4, -0.2) is 47.8 Å². The van der Waals surface area contributed by atoms with Crippen molar-refractivity contribution in [1.29, 1.82) is 0 Å². The lowest BCUT2D eigenvalue weighted by molar-refractivity contribution is 0.0249. The Balaban J connectivity index is 1.62. The van der Waals surface area contributed by atoms with Gasteiger partial charge in [-0.1, -0.05) is 5.16 Å². The average Bonchev–Trinajstić information content (AvgIpc) is 3.25. The van der Waals surface area contributed by atoms with Gasteiger partial charge in [-0.15, -0.1) is 0 Å². The van der Waals surface area contributed by atoms with Crippen LogP contribution in [0.25, 0.3) is 0 Å². The van der Waals surface area contributed by atoms with Crippen molar-refractivity contribution in [3.05, 3.63) is 34.1 Å². The highest BCUT2D eigenvalue weighted by Gasteiger charge is 2.42. The third-order valence-corrected chi connectivity index (χ3v) is 4.68. The number of aromatic nitrogens is 2. The van der Waals surface area contributed by atoms with Crippen LogP contribution in [0, 0.1) is 0 Å². The Hall–Kier alpha value is -1.80. The predicted octanol–water partition coefficient (Wildman–Crippen LogP) is 2.42. The highest BCUT2D eigenvalue weighted by atomic mass is 32.1. The number of amides is 1. The molecule has 1 amide bonds. The minimum absolute atomic E-state index is 0.00577. The van der Waals surface area contributed by atoms with Crippen LogP contribution in [-0.2, 0) is 16.8 Å². The fourth-order valence-electron chi connectivity index (χ4n) is 2.58. The van der Waals surface area contributed by atoms with E-state index in [9.17, 15) is 4.79 Å². The summed E-state index contributed by atoms with van der Waals surface area (Å²) in [7, 11) is 1.58. The molecule has 1 aliphatic heterocycles. The molecule has 8 heteroatoms. The molecule has 2 aromatic heterocycles. The zero-order chi connectivity index (χ0) is 16.3. The second-order valence-corrected chi connectivity index (χ2v) is 6.31. The van der Waals surface area contributed by atoms with E-state index in [2.05, 4.69) is 10.1 Å². The average molecular weight is 339 g/mol. The molecule has 1 fully saturated rings. The molecule has 2 aromatic rings. The quantitative estimate of drug-likeness (QED) is 0.837. The first-order chi connectivity index (χ1) is 11.1. The highest BCUT2D eigenvalue weighted by molar-refractivity contribution is 7.08. The van der Waals surface area contributed by atoms with Gasteiger partial charge in [0.1, 0.15) is 0 Å². The van der Waals surface area contributed by atoms with Crippen LogP contribution in [0.1, 0.15) is 34.9 Å². The summed E-state index contributed by atoms with van der Waals surface area (Å²) in [6.45, 7) is 1.13. The summed E-state index contributed by atoms with van der Waals surface area (Å²) in [4.78, 5) is 18.1. The number of ether oxygens (including phenoxy) is 1. The molecule has 0 aromatic carbocycles. The molecule has 3 heterocycles. The lowest BCUT2D eigenvalue weighted by atomic mass is 9.93. The molecule has 0 bridgehead atoms. The fourth-order valence-corrected chi connectivity index (χ4v) is 3.21. The number of carbonyl (C=O) groups excluding carboxylic acids is 1. The number of carbonyl (C=O) groups is 1. The number of rotatable bonds is 5. The molecule has 0 radical (unpaired) electrons. The van der Waals surface area contributed by atoms with Gasteiger partial charge in [0.05, 0.1) is 12.2 Å². The Labute approximate surface area is 137 Å². The first-order valence-electron chi connectivity index (χ1n) is 7.45. The summed E-state index contributed by atoms with van der Waals surface area (Å²) >= 11 is 1.47. The molecule has 23 heavy (non-hydrogen) atoms. The van der Waals surface area contributed by atoms with Crippen LogP contribution < -0.4 is 0 Å². The number of hydrogen-bond acceptors (Lipinski definition) is 6. The van der Waals surface area contributed by atoms with E-state index >= 15 is 4.39 Å². The van der Waals surface area contributed by atoms with Gasteiger partial charge in [-0.05, 0) is 11.4 Å². The number of likely N-dealkylation sites (tertiary alicyclic amines) is 1. The summed E-state index contributed by atoms with van der Waals surface area (Å²) in [6, 6.07) is 1.78. The van der Waals surface area contributed by atoms with Crippen LogP contribution in [0.4, 0.5) is 4.39 Å². The van der Waals surface area contributed by atoms with Gasteiger partial charge in [-0.25, -0.2) is 4.39 Å². The maximum Gasteiger partial charge on any atom is 0.264 e. The first kappa shape index (κ1) is 16.1. The Bertz CT molecular complexity index is 651. The van der Waals surface area contributed by atoms with Crippen molar-refractivity contribution in [2.75, 3.05) is 26.8 Å². The zero-order valence-corrected chi connectivity index (χ0v) is 13.6. The Kier molecular flexibility index (Phi) is 4.72. The van der Waals surface area contributed by atoms with Crippen molar-refractivity contribution >= 4 is 17.2 Å². The fraction of sp³-hybridized carbons (Fsp3) is 0.533. The van der Waals surface area contributed by atoms with Gasteiger partial charge in [0.15, 0.2) is 11.5 Å². The summed E-state index contributed by atoms with van der Waals surface area (Å²) in [6.07, 6.45) is 0.808. The van der Waals surface area contributed by atoms with Gasteiger partial charge in [0, 0.05) is 44.8 Å². The van der Waals surface area contributed by atoms with Crippen LogP contribution in [0.15, 0.2) is 21.3 Å². The highest BCUT2D eigenvalue weighted by Crippen LogP contribution is 2.36. The third kappa shape index (κ3) is 3.42. The third-order valence-electron chi connectivity index (χ3n) is 3.99. The summed E-state index contributed by atoms with van der Waals surface area (Å²) < 4.78 is 25.1. The van der Waals surface area contributed by atoms with Crippen molar-refractivity contribution < 1.29 is 18.4 Å². The SMILES string of the molecule is COCCc1noc(C2(F)CCN(C(=O)c3ccsc3)CC2)n1. The predicted molar refractivity (Wildman–Crippen MR) is 82.1 cm³/mol. The van der Waals surface area contributed by atoms with Gasteiger partial charge in [-0.2, -0.15) is 16.3 Å². The second-order valence-electron chi connectivity index (χ2n) is 5.53. The topological polar surface area (TPSA) is 68.5 Å². The molecule has 0 spiro atoms. The van der Waals surface area contributed by atoms with E-state index in [1.165, 1.54) is 11.3 Å². The number of piperidine rings is 1. The number of halogens is 1. The Morgan fingerprint density at radius 1 is 1.52 bits per heavy atom. The van der Waals surface area contributed by atoms with Crippen LogP contribution in [0.2, 0.25) is 0 Å². The molecule has 1 aliphatic rings. The van der Waals surface area contributed by atoms with Crippen molar-refractivity contribution in [1.82, 2.24) is 15.0 Å². The van der Waals surface area contributed by atoms with E-state index in [1.54, 1.807) is 23.5 Å². The van der Waals surface area contributed by atoms with Crippen LogP contribution >= 0.6 is 11.3 Å².